The Hall–Kier alpha value is -4.46. The van der Waals surface area contributed by atoms with Crippen LogP contribution in [-0.2, 0) is 16.0 Å². The summed E-state index contributed by atoms with van der Waals surface area (Å²) < 4.78 is 21.8. The molecule has 190 valence electrons. The van der Waals surface area contributed by atoms with E-state index in [0.717, 1.165) is 11.3 Å². The number of Topliss-reactive ketones (excluding diaryl/α,β-unsaturated/α-hetero) is 1. The topological polar surface area (TPSA) is 94.5 Å². The first kappa shape index (κ1) is 24.2. The molecule has 37 heavy (non-hydrogen) atoms. The number of aliphatic hydroxyl groups excluding tert-OH is 1. The van der Waals surface area contributed by atoms with E-state index in [1.807, 2.05) is 30.3 Å². The lowest BCUT2D eigenvalue weighted by atomic mass is 9.95. The smallest absolute Gasteiger partial charge is 0.295 e. The fourth-order valence-corrected chi connectivity index (χ4v) is 4.66. The molecule has 0 spiro atoms. The number of methoxy groups -OCH3 is 2. The van der Waals surface area contributed by atoms with Gasteiger partial charge in [0.15, 0.2) is 11.5 Å². The molecule has 0 radical (unpaired) electrons. The summed E-state index contributed by atoms with van der Waals surface area (Å²) in [7, 11) is 3.15. The monoisotopic (exact) mass is 501 g/mol. The minimum absolute atomic E-state index is 0.0182. The van der Waals surface area contributed by atoms with Gasteiger partial charge in [-0.25, -0.2) is 0 Å². The van der Waals surface area contributed by atoms with E-state index in [-0.39, 0.29) is 17.9 Å². The van der Waals surface area contributed by atoms with Gasteiger partial charge in [-0.15, -0.1) is 0 Å². The third kappa shape index (κ3) is 4.70. The summed E-state index contributed by atoms with van der Waals surface area (Å²) >= 11 is 0. The molecule has 2 heterocycles. The average molecular weight is 502 g/mol. The summed E-state index contributed by atoms with van der Waals surface area (Å²) in [5.41, 5.74) is 2.03. The van der Waals surface area contributed by atoms with E-state index < -0.39 is 17.7 Å². The van der Waals surface area contributed by atoms with Crippen molar-refractivity contribution in [2.75, 3.05) is 34.0 Å². The fourth-order valence-electron chi connectivity index (χ4n) is 4.66. The summed E-state index contributed by atoms with van der Waals surface area (Å²) in [6.45, 7) is 1.10. The Labute approximate surface area is 214 Å². The first-order valence-corrected chi connectivity index (χ1v) is 12.0. The van der Waals surface area contributed by atoms with Crippen LogP contribution in [0.15, 0.2) is 72.3 Å². The van der Waals surface area contributed by atoms with Gasteiger partial charge in [-0.2, -0.15) is 0 Å². The highest BCUT2D eigenvalue weighted by molar-refractivity contribution is 6.46. The van der Waals surface area contributed by atoms with Gasteiger partial charge in [0, 0.05) is 12.1 Å². The summed E-state index contributed by atoms with van der Waals surface area (Å²) in [5.74, 6) is 0.678. The Balaban J connectivity index is 1.55. The number of benzene rings is 3. The third-order valence-electron chi connectivity index (χ3n) is 6.57. The molecule has 2 aliphatic heterocycles. The number of aliphatic hydroxyl groups is 1. The normalized spacial score (nSPS) is 18.1. The van der Waals surface area contributed by atoms with E-state index in [9.17, 15) is 14.7 Å². The zero-order chi connectivity index (χ0) is 25.9. The Morgan fingerprint density at radius 2 is 1.65 bits per heavy atom. The Morgan fingerprint density at radius 1 is 0.919 bits per heavy atom. The SMILES string of the molecule is COc1ccc(CCN2C(=O)C(=O)/C(=C(\O)c3ccc4c(c3)OCCO4)C2c2cccc(OC)c2)cc1. The number of ether oxygens (including phenoxy) is 4. The molecule has 3 aromatic carbocycles. The molecule has 2 aliphatic rings. The molecule has 3 aromatic rings. The number of hydrogen-bond donors (Lipinski definition) is 1. The van der Waals surface area contributed by atoms with Crippen molar-refractivity contribution in [3.05, 3.63) is 89.0 Å². The number of ketones is 1. The van der Waals surface area contributed by atoms with Gasteiger partial charge in [-0.05, 0) is 60.0 Å². The molecule has 1 amide bonds. The third-order valence-corrected chi connectivity index (χ3v) is 6.57. The maximum atomic E-state index is 13.3. The second-order valence-corrected chi connectivity index (χ2v) is 8.73. The van der Waals surface area contributed by atoms with E-state index in [0.29, 0.717) is 48.0 Å². The van der Waals surface area contributed by atoms with Crippen LogP contribution in [0.25, 0.3) is 5.76 Å². The second kappa shape index (κ2) is 10.3. The zero-order valence-electron chi connectivity index (χ0n) is 20.6. The fraction of sp³-hybridized carbons (Fsp3) is 0.241. The number of hydrogen-bond acceptors (Lipinski definition) is 7. The first-order valence-electron chi connectivity index (χ1n) is 12.0. The quantitative estimate of drug-likeness (QED) is 0.295. The van der Waals surface area contributed by atoms with Crippen molar-refractivity contribution in [3.8, 4) is 23.0 Å². The van der Waals surface area contributed by atoms with Crippen LogP contribution in [0.1, 0.15) is 22.7 Å². The molecule has 8 nitrogen and oxygen atoms in total. The molecule has 1 fully saturated rings. The van der Waals surface area contributed by atoms with Crippen LogP contribution in [0, 0.1) is 0 Å². The molecule has 1 unspecified atom stereocenters. The zero-order valence-corrected chi connectivity index (χ0v) is 20.6. The number of fused-ring (bicyclic) bond motifs is 1. The number of carbonyl (C=O) groups is 2. The molecule has 1 atom stereocenters. The number of amides is 1. The predicted octanol–water partition coefficient (Wildman–Crippen LogP) is 4.14. The molecule has 5 rings (SSSR count). The van der Waals surface area contributed by atoms with Crippen LogP contribution >= 0.6 is 0 Å². The number of carbonyl (C=O) groups excluding carboxylic acids is 2. The van der Waals surface area contributed by atoms with Crippen molar-refractivity contribution in [1.82, 2.24) is 4.90 Å². The van der Waals surface area contributed by atoms with Crippen LogP contribution in [0.4, 0.5) is 0 Å². The van der Waals surface area contributed by atoms with E-state index in [2.05, 4.69) is 0 Å². The number of nitrogens with zero attached hydrogens (tertiary/aromatic N) is 1. The largest absolute Gasteiger partial charge is 0.507 e. The second-order valence-electron chi connectivity index (χ2n) is 8.73. The van der Waals surface area contributed by atoms with Gasteiger partial charge in [0.2, 0.25) is 0 Å². The molecular weight excluding hydrogens is 474 g/mol. The van der Waals surface area contributed by atoms with Crippen LogP contribution in [0.5, 0.6) is 23.0 Å². The van der Waals surface area contributed by atoms with Crippen molar-refractivity contribution in [2.45, 2.75) is 12.5 Å². The van der Waals surface area contributed by atoms with Crippen molar-refractivity contribution in [2.24, 2.45) is 0 Å². The summed E-state index contributed by atoms with van der Waals surface area (Å²) in [6.07, 6.45) is 0.515. The van der Waals surface area contributed by atoms with Crippen LogP contribution in [0.2, 0.25) is 0 Å². The Bertz CT molecular complexity index is 1360. The molecule has 0 aromatic heterocycles. The maximum Gasteiger partial charge on any atom is 0.295 e. The lowest BCUT2D eigenvalue weighted by Gasteiger charge is -2.26. The first-order chi connectivity index (χ1) is 18.0. The minimum atomic E-state index is -0.790. The van der Waals surface area contributed by atoms with Gasteiger partial charge < -0.3 is 29.0 Å². The standard InChI is InChI=1S/C29H27NO7/c1-34-21-9-6-18(7-10-21)12-13-30-26(19-4-3-5-22(16-19)35-2)25(28(32)29(30)33)27(31)20-8-11-23-24(17-20)37-15-14-36-23/h3-11,16-17,26,31H,12-15H2,1-2H3/b27-25-. The molecule has 8 heteroatoms. The number of rotatable bonds is 7. The van der Waals surface area contributed by atoms with Gasteiger partial charge in [0.05, 0.1) is 25.8 Å². The summed E-state index contributed by atoms with van der Waals surface area (Å²) in [5, 5.41) is 11.4. The van der Waals surface area contributed by atoms with E-state index >= 15 is 0 Å². The lowest BCUT2D eigenvalue weighted by molar-refractivity contribution is -0.139. The van der Waals surface area contributed by atoms with Gasteiger partial charge >= 0.3 is 0 Å². The van der Waals surface area contributed by atoms with Crippen molar-refractivity contribution in [1.29, 1.82) is 0 Å². The molecule has 0 saturated carbocycles. The molecular formula is C29H27NO7. The van der Waals surface area contributed by atoms with Crippen LogP contribution < -0.4 is 18.9 Å². The molecule has 0 aliphatic carbocycles. The Kier molecular flexibility index (Phi) is 6.72. The molecule has 0 bridgehead atoms. The van der Waals surface area contributed by atoms with Crippen molar-refractivity contribution >= 4 is 17.4 Å². The minimum Gasteiger partial charge on any atom is -0.507 e. The molecule has 1 N–H and O–H groups in total. The maximum absolute atomic E-state index is 13.3. The highest BCUT2D eigenvalue weighted by Crippen LogP contribution is 2.41. The molecule has 1 saturated heterocycles. The van der Waals surface area contributed by atoms with E-state index in [1.54, 1.807) is 50.6 Å². The number of likely N-dealkylation sites (tertiary alicyclic amines) is 1. The van der Waals surface area contributed by atoms with Crippen molar-refractivity contribution in [3.63, 3.8) is 0 Å². The van der Waals surface area contributed by atoms with E-state index in [1.165, 1.54) is 4.90 Å². The highest BCUT2D eigenvalue weighted by Gasteiger charge is 2.46. The van der Waals surface area contributed by atoms with Gasteiger partial charge in [-0.3, -0.25) is 9.59 Å². The van der Waals surface area contributed by atoms with Gasteiger partial charge in [-0.1, -0.05) is 24.3 Å². The van der Waals surface area contributed by atoms with Crippen LogP contribution in [-0.4, -0.2) is 55.7 Å². The average Bonchev–Trinajstić information content (AvgIpc) is 3.20. The predicted molar refractivity (Wildman–Crippen MR) is 136 cm³/mol. The lowest BCUT2D eigenvalue weighted by Crippen LogP contribution is -2.31. The van der Waals surface area contributed by atoms with Crippen molar-refractivity contribution < 1.29 is 33.6 Å². The van der Waals surface area contributed by atoms with Gasteiger partial charge in [0.25, 0.3) is 11.7 Å². The van der Waals surface area contributed by atoms with Gasteiger partial charge in [0.1, 0.15) is 30.5 Å². The highest BCUT2D eigenvalue weighted by atomic mass is 16.6. The summed E-state index contributed by atoms with van der Waals surface area (Å²) in [4.78, 5) is 28.1. The Morgan fingerprint density at radius 3 is 2.38 bits per heavy atom. The van der Waals surface area contributed by atoms with E-state index in [4.69, 9.17) is 18.9 Å². The summed E-state index contributed by atoms with van der Waals surface area (Å²) in [6, 6.07) is 18.9. The van der Waals surface area contributed by atoms with Crippen LogP contribution in [0.3, 0.4) is 0 Å².